The molecule has 7 heteroatoms. The average molecular weight is 370 g/mol. The highest BCUT2D eigenvalue weighted by atomic mass is 16.5. The lowest BCUT2D eigenvalue weighted by molar-refractivity contribution is -0.00697. The van der Waals surface area contributed by atoms with Crippen molar-refractivity contribution in [1.82, 2.24) is 15.5 Å². The molecule has 1 aromatic heterocycles. The van der Waals surface area contributed by atoms with E-state index in [-0.39, 0.29) is 18.1 Å². The Bertz CT molecular complexity index is 813. The lowest BCUT2D eigenvalue weighted by Crippen LogP contribution is -2.37. The summed E-state index contributed by atoms with van der Waals surface area (Å²) in [4.78, 5) is 15.1. The number of aromatic nitrogens is 2. The lowest BCUT2D eigenvalue weighted by Gasteiger charge is -2.30. The molecule has 0 bridgehead atoms. The number of rotatable bonds is 4. The molecule has 1 saturated heterocycles. The number of para-hydroxylation sites is 1. The van der Waals surface area contributed by atoms with Gasteiger partial charge in [-0.25, -0.2) is 0 Å². The van der Waals surface area contributed by atoms with E-state index in [0.29, 0.717) is 18.7 Å². The Morgan fingerprint density at radius 2 is 2.07 bits per heavy atom. The molecule has 0 radical (unpaired) electrons. The first-order chi connectivity index (χ1) is 13.1. The maximum absolute atomic E-state index is 12.8. The minimum atomic E-state index is -0.148. The summed E-state index contributed by atoms with van der Waals surface area (Å²) in [6.07, 6.45) is 0.710. The van der Waals surface area contributed by atoms with Crippen molar-refractivity contribution in [2.45, 2.75) is 39.0 Å². The number of aromatic amines is 1. The maximum atomic E-state index is 12.8. The molecule has 144 valence electrons. The number of anilines is 1. The van der Waals surface area contributed by atoms with Crippen LogP contribution >= 0.6 is 0 Å². The summed E-state index contributed by atoms with van der Waals surface area (Å²) in [6.45, 7) is 7.67. The first-order valence-corrected chi connectivity index (χ1v) is 9.55. The Morgan fingerprint density at radius 1 is 1.30 bits per heavy atom. The van der Waals surface area contributed by atoms with Gasteiger partial charge in [0.25, 0.3) is 5.91 Å². The molecule has 1 amide bonds. The summed E-state index contributed by atoms with van der Waals surface area (Å²) in [7, 11) is 0. The van der Waals surface area contributed by atoms with Crippen molar-refractivity contribution in [1.29, 1.82) is 0 Å². The highest BCUT2D eigenvalue weighted by molar-refractivity contribution is 5.94. The highest BCUT2D eigenvalue weighted by Gasteiger charge is 2.29. The van der Waals surface area contributed by atoms with Crippen LogP contribution in [0.1, 0.15) is 47.3 Å². The Morgan fingerprint density at radius 3 is 2.89 bits per heavy atom. The van der Waals surface area contributed by atoms with Crippen LogP contribution in [-0.4, -0.2) is 48.5 Å². The van der Waals surface area contributed by atoms with Crippen LogP contribution in [0.2, 0.25) is 0 Å². The third-order valence-electron chi connectivity index (χ3n) is 5.23. The first kappa shape index (κ1) is 18.0. The zero-order chi connectivity index (χ0) is 18.8. The van der Waals surface area contributed by atoms with Crippen LogP contribution in [0.25, 0.3) is 0 Å². The van der Waals surface area contributed by atoms with Crippen LogP contribution in [-0.2, 0) is 22.4 Å². The molecule has 1 fully saturated rings. The van der Waals surface area contributed by atoms with E-state index in [1.165, 1.54) is 0 Å². The Balaban J connectivity index is 1.48. The zero-order valence-electron chi connectivity index (χ0n) is 15.8. The largest absolute Gasteiger partial charge is 0.378 e. The molecule has 2 N–H and O–H groups in total. The highest BCUT2D eigenvalue weighted by Crippen LogP contribution is 2.30. The van der Waals surface area contributed by atoms with E-state index in [1.54, 1.807) is 0 Å². The summed E-state index contributed by atoms with van der Waals surface area (Å²) in [5.74, 6) is -0.148. The predicted octanol–water partition coefficient (Wildman–Crippen LogP) is 2.20. The summed E-state index contributed by atoms with van der Waals surface area (Å²) in [6, 6.07) is 8.19. The fourth-order valence-electron chi connectivity index (χ4n) is 3.89. The van der Waals surface area contributed by atoms with Crippen LogP contribution in [0.3, 0.4) is 0 Å². The molecule has 2 aliphatic heterocycles. The SMILES string of the molecule is C[C@@H]1Cc2c(C(=O)NCc3ccccc3N3CCOCC3)n[nH]c2[C@H](C)O1. The van der Waals surface area contributed by atoms with Gasteiger partial charge in [-0.3, -0.25) is 9.89 Å². The van der Waals surface area contributed by atoms with Crippen molar-refractivity contribution in [3.63, 3.8) is 0 Å². The number of amides is 1. The quantitative estimate of drug-likeness (QED) is 0.863. The van der Waals surface area contributed by atoms with Crippen LogP contribution in [0.5, 0.6) is 0 Å². The van der Waals surface area contributed by atoms with Gasteiger partial charge in [-0.15, -0.1) is 0 Å². The number of ether oxygens (including phenoxy) is 2. The minimum Gasteiger partial charge on any atom is -0.378 e. The second-order valence-electron chi connectivity index (χ2n) is 7.17. The summed E-state index contributed by atoms with van der Waals surface area (Å²) < 4.78 is 11.2. The molecule has 27 heavy (non-hydrogen) atoms. The summed E-state index contributed by atoms with van der Waals surface area (Å²) in [5.41, 5.74) is 4.62. The van der Waals surface area contributed by atoms with Crippen LogP contribution in [0.4, 0.5) is 5.69 Å². The number of hydrogen-bond donors (Lipinski definition) is 2. The molecule has 0 saturated carbocycles. The molecule has 0 unspecified atom stereocenters. The number of carbonyl (C=O) groups excluding carboxylic acids is 1. The third-order valence-corrected chi connectivity index (χ3v) is 5.23. The number of hydrogen-bond acceptors (Lipinski definition) is 5. The fraction of sp³-hybridized carbons (Fsp3) is 0.500. The molecule has 3 heterocycles. The number of fused-ring (bicyclic) bond motifs is 1. The zero-order valence-corrected chi connectivity index (χ0v) is 15.8. The molecule has 0 spiro atoms. The van der Waals surface area contributed by atoms with Gasteiger partial charge >= 0.3 is 0 Å². The van der Waals surface area contributed by atoms with E-state index in [0.717, 1.165) is 48.8 Å². The molecule has 7 nitrogen and oxygen atoms in total. The number of carbonyl (C=O) groups is 1. The predicted molar refractivity (Wildman–Crippen MR) is 102 cm³/mol. The lowest BCUT2D eigenvalue weighted by atomic mass is 9.99. The Kier molecular flexibility index (Phi) is 5.13. The van der Waals surface area contributed by atoms with Crippen molar-refractivity contribution < 1.29 is 14.3 Å². The molecule has 2 atom stereocenters. The second kappa shape index (κ2) is 7.70. The number of nitrogens with zero attached hydrogens (tertiary/aromatic N) is 2. The van der Waals surface area contributed by atoms with Crippen molar-refractivity contribution in [2.75, 3.05) is 31.2 Å². The summed E-state index contributed by atoms with van der Waals surface area (Å²) >= 11 is 0. The number of H-pyrrole nitrogens is 1. The molecule has 0 aliphatic carbocycles. The van der Waals surface area contributed by atoms with Gasteiger partial charge in [0.05, 0.1) is 31.1 Å². The Labute approximate surface area is 159 Å². The van der Waals surface area contributed by atoms with Crippen LogP contribution in [0, 0.1) is 0 Å². The Hall–Kier alpha value is -2.38. The standard InChI is InChI=1S/C20H26N4O3/c1-13-11-16-18(14(2)27-13)22-23-19(16)20(25)21-12-15-5-3-4-6-17(15)24-7-9-26-10-8-24/h3-6,13-14H,7-12H2,1-2H3,(H,21,25)(H,22,23)/t13-,14+/m1/s1. The molecule has 2 aliphatic rings. The first-order valence-electron chi connectivity index (χ1n) is 9.55. The average Bonchev–Trinajstić information content (AvgIpc) is 3.11. The second-order valence-corrected chi connectivity index (χ2v) is 7.17. The van der Waals surface area contributed by atoms with E-state index in [1.807, 2.05) is 26.0 Å². The van der Waals surface area contributed by atoms with E-state index in [9.17, 15) is 4.79 Å². The fourth-order valence-corrected chi connectivity index (χ4v) is 3.89. The van der Waals surface area contributed by atoms with Gasteiger partial charge in [0.1, 0.15) is 0 Å². The van der Waals surface area contributed by atoms with Gasteiger partial charge in [0.2, 0.25) is 0 Å². The molecule has 2 aromatic rings. The molecular formula is C20H26N4O3. The van der Waals surface area contributed by atoms with Crippen molar-refractivity contribution in [3.05, 3.63) is 46.8 Å². The van der Waals surface area contributed by atoms with Gasteiger partial charge in [-0.05, 0) is 25.5 Å². The number of morpholine rings is 1. The monoisotopic (exact) mass is 370 g/mol. The van der Waals surface area contributed by atoms with Gasteiger partial charge < -0.3 is 19.7 Å². The van der Waals surface area contributed by atoms with Gasteiger partial charge in [0.15, 0.2) is 5.69 Å². The summed E-state index contributed by atoms with van der Waals surface area (Å²) in [5, 5.41) is 10.3. The normalized spacial score (nSPS) is 22.4. The van der Waals surface area contributed by atoms with Crippen molar-refractivity contribution >= 4 is 11.6 Å². The molecule has 1 aromatic carbocycles. The maximum Gasteiger partial charge on any atom is 0.272 e. The van der Waals surface area contributed by atoms with Gasteiger partial charge in [-0.1, -0.05) is 18.2 Å². The third kappa shape index (κ3) is 3.70. The van der Waals surface area contributed by atoms with E-state index < -0.39 is 0 Å². The van der Waals surface area contributed by atoms with Crippen LogP contribution in [0.15, 0.2) is 24.3 Å². The van der Waals surface area contributed by atoms with Crippen molar-refractivity contribution in [3.8, 4) is 0 Å². The number of nitrogens with one attached hydrogen (secondary N) is 2. The smallest absolute Gasteiger partial charge is 0.272 e. The van der Waals surface area contributed by atoms with E-state index in [4.69, 9.17) is 9.47 Å². The minimum absolute atomic E-state index is 0.0696. The van der Waals surface area contributed by atoms with E-state index in [2.05, 4.69) is 32.5 Å². The number of benzene rings is 1. The van der Waals surface area contributed by atoms with E-state index >= 15 is 0 Å². The topological polar surface area (TPSA) is 79.5 Å². The van der Waals surface area contributed by atoms with Gasteiger partial charge in [-0.2, -0.15) is 5.10 Å². The van der Waals surface area contributed by atoms with Crippen LogP contribution < -0.4 is 10.2 Å². The van der Waals surface area contributed by atoms with Crippen molar-refractivity contribution in [2.24, 2.45) is 0 Å². The molecular weight excluding hydrogens is 344 g/mol. The van der Waals surface area contributed by atoms with Gasteiger partial charge in [0, 0.05) is 37.3 Å². The molecule has 4 rings (SSSR count).